The number of hydrogen-bond donors (Lipinski definition) is 0. The number of aromatic nitrogens is 2. The Kier molecular flexibility index (Phi) is 3.67. The van der Waals surface area contributed by atoms with Gasteiger partial charge in [0.1, 0.15) is 0 Å². The summed E-state index contributed by atoms with van der Waals surface area (Å²) in [7, 11) is 0. The van der Waals surface area contributed by atoms with Gasteiger partial charge in [-0.2, -0.15) is 0 Å². The lowest BCUT2D eigenvalue weighted by molar-refractivity contribution is -0.616. The molecule has 0 N–H and O–H groups in total. The molecule has 0 atom stereocenters. The molecule has 0 amide bonds. The van der Waals surface area contributed by atoms with Crippen LogP contribution >= 0.6 is 11.7 Å². The number of amidine groups is 1. The third kappa shape index (κ3) is 2.47. The summed E-state index contributed by atoms with van der Waals surface area (Å²) in [6.45, 7) is 7.04. The van der Waals surface area contributed by atoms with Crippen LogP contribution in [0.3, 0.4) is 0 Å². The van der Waals surface area contributed by atoms with E-state index in [4.69, 9.17) is 17.4 Å². The third-order valence-electron chi connectivity index (χ3n) is 2.52. The fourth-order valence-corrected chi connectivity index (χ4v) is 2.37. The van der Waals surface area contributed by atoms with Crippen LogP contribution in [0, 0.1) is 13.8 Å². The van der Waals surface area contributed by atoms with Crippen LogP contribution < -0.4 is 4.07 Å². The molecule has 1 aromatic rings. The lowest BCUT2D eigenvalue weighted by Crippen LogP contribution is -2.42. The minimum atomic E-state index is 0.611. The number of aryl methyl sites for hydroxylation is 1. The van der Waals surface area contributed by atoms with E-state index in [0.717, 1.165) is 37.7 Å². The molecular formula is C9H14N4OS2. The van der Waals surface area contributed by atoms with Crippen molar-refractivity contribution in [1.82, 2.24) is 9.27 Å². The number of hydrogen-bond acceptors (Lipinski definition) is 5. The van der Waals surface area contributed by atoms with Crippen LogP contribution in [0.5, 0.6) is 0 Å². The van der Waals surface area contributed by atoms with Gasteiger partial charge in [0.25, 0.3) is 0 Å². The van der Waals surface area contributed by atoms with E-state index in [1.54, 1.807) is 4.07 Å². The number of nitrogens with zero attached hydrogens (tertiary/aromatic N) is 4. The summed E-state index contributed by atoms with van der Waals surface area (Å²) in [5, 5.41) is 4.99. The van der Waals surface area contributed by atoms with E-state index in [-0.39, 0.29) is 0 Å². The van der Waals surface area contributed by atoms with Gasteiger partial charge in [-0.25, -0.2) is 0 Å². The first-order valence-electron chi connectivity index (χ1n) is 5.12. The summed E-state index contributed by atoms with van der Waals surface area (Å²) in [6.07, 6.45) is 0. The molecule has 0 radical (unpaired) electrons. The van der Waals surface area contributed by atoms with Gasteiger partial charge in [-0.15, -0.1) is 0 Å². The van der Waals surface area contributed by atoms with E-state index in [2.05, 4.69) is 14.4 Å². The van der Waals surface area contributed by atoms with Crippen molar-refractivity contribution in [2.75, 3.05) is 26.3 Å². The molecule has 0 bridgehead atoms. The van der Waals surface area contributed by atoms with E-state index in [9.17, 15) is 0 Å². The Hall–Kier alpha value is -0.790. The van der Waals surface area contributed by atoms with Crippen LogP contribution in [0.15, 0.2) is 5.10 Å². The van der Waals surface area contributed by atoms with Crippen LogP contribution in [0.4, 0.5) is 0 Å². The molecule has 0 unspecified atom stereocenters. The Labute approximate surface area is 104 Å². The largest absolute Gasteiger partial charge is 0.739 e. The first-order chi connectivity index (χ1) is 7.68. The zero-order valence-electron chi connectivity index (χ0n) is 9.34. The highest BCUT2D eigenvalue weighted by molar-refractivity contribution is 7.77. The van der Waals surface area contributed by atoms with E-state index in [0.29, 0.717) is 5.17 Å². The molecule has 0 aliphatic carbocycles. The summed E-state index contributed by atoms with van der Waals surface area (Å²) in [5.74, 6) is 0. The molecule has 88 valence electrons. The first-order valence-corrected chi connectivity index (χ1v) is 6.26. The molecular weight excluding hydrogens is 244 g/mol. The summed E-state index contributed by atoms with van der Waals surface area (Å²) < 4.78 is 11.3. The second-order valence-corrected chi connectivity index (χ2v) is 4.66. The molecule has 2 rings (SSSR count). The van der Waals surface area contributed by atoms with Gasteiger partial charge in [0.15, 0.2) is 5.69 Å². The minimum Gasteiger partial charge on any atom is -0.739 e. The molecule has 7 heteroatoms. The van der Waals surface area contributed by atoms with Gasteiger partial charge in [0.2, 0.25) is 5.69 Å². The number of ether oxygens (including phenoxy) is 1. The normalized spacial score (nSPS) is 17.9. The van der Waals surface area contributed by atoms with Crippen molar-refractivity contribution in [3.05, 3.63) is 11.4 Å². The Morgan fingerprint density at radius 1 is 1.50 bits per heavy atom. The van der Waals surface area contributed by atoms with E-state index in [1.807, 2.05) is 13.8 Å². The fraction of sp³-hybridized carbons (Fsp3) is 0.667. The Bertz CT molecular complexity index is 398. The standard InChI is InChI=1S/C9H14N4OS2/c1-7-8(2)13(16-11-7)10-9(15)12-3-5-14-6-4-12/h3-6H2,1-2H3. The van der Waals surface area contributed by atoms with Gasteiger partial charge in [0.05, 0.1) is 13.2 Å². The summed E-state index contributed by atoms with van der Waals surface area (Å²) >= 11 is 6.61. The van der Waals surface area contributed by atoms with Crippen molar-refractivity contribution in [3.8, 4) is 0 Å². The zero-order valence-corrected chi connectivity index (χ0v) is 11.0. The summed E-state index contributed by atoms with van der Waals surface area (Å²) in [6, 6.07) is 0. The topological polar surface area (TPSA) is 41.6 Å². The van der Waals surface area contributed by atoms with Gasteiger partial charge in [0, 0.05) is 36.5 Å². The highest BCUT2D eigenvalue weighted by Gasteiger charge is 2.14. The van der Waals surface area contributed by atoms with Crippen LogP contribution in [-0.2, 0) is 17.4 Å². The lowest BCUT2D eigenvalue weighted by Gasteiger charge is -2.32. The highest BCUT2D eigenvalue weighted by atomic mass is 32.1. The van der Waals surface area contributed by atoms with Crippen molar-refractivity contribution >= 4 is 29.5 Å². The minimum absolute atomic E-state index is 0.611. The molecule has 0 spiro atoms. The van der Waals surface area contributed by atoms with Crippen LogP contribution in [0.2, 0.25) is 0 Å². The predicted molar refractivity (Wildman–Crippen MR) is 64.4 cm³/mol. The van der Waals surface area contributed by atoms with Gasteiger partial charge in [-0.3, -0.25) is 0 Å². The van der Waals surface area contributed by atoms with Gasteiger partial charge < -0.3 is 22.3 Å². The Balaban J connectivity index is 2.13. The van der Waals surface area contributed by atoms with Gasteiger partial charge >= 0.3 is 11.7 Å². The average Bonchev–Trinajstić information content (AvgIpc) is 2.62. The quantitative estimate of drug-likeness (QED) is 0.309. The first kappa shape index (κ1) is 11.7. The smallest absolute Gasteiger partial charge is 0.305 e. The second kappa shape index (κ2) is 5.03. The lowest BCUT2D eigenvalue weighted by atomic mass is 10.4. The van der Waals surface area contributed by atoms with E-state index in [1.165, 1.54) is 11.7 Å². The second-order valence-electron chi connectivity index (χ2n) is 3.60. The summed E-state index contributed by atoms with van der Waals surface area (Å²) in [4.78, 5) is 2.06. The monoisotopic (exact) mass is 258 g/mol. The molecule has 1 saturated heterocycles. The fourth-order valence-electron chi connectivity index (χ4n) is 1.35. The van der Waals surface area contributed by atoms with Crippen molar-refractivity contribution in [2.45, 2.75) is 13.8 Å². The zero-order chi connectivity index (χ0) is 11.5. The molecule has 0 aromatic carbocycles. The molecule has 16 heavy (non-hydrogen) atoms. The van der Waals surface area contributed by atoms with Crippen LogP contribution in [0.1, 0.15) is 11.4 Å². The number of morpholine rings is 1. The maximum absolute atomic E-state index is 5.29. The van der Waals surface area contributed by atoms with Crippen molar-refractivity contribution in [3.63, 3.8) is 0 Å². The molecule has 0 saturated carbocycles. The predicted octanol–water partition coefficient (Wildman–Crippen LogP) is 0.0456. The molecule has 1 aliphatic heterocycles. The number of rotatable bonds is 1. The molecule has 1 aliphatic rings. The van der Waals surface area contributed by atoms with Crippen molar-refractivity contribution in [1.29, 1.82) is 0 Å². The average molecular weight is 258 g/mol. The van der Waals surface area contributed by atoms with E-state index >= 15 is 0 Å². The highest BCUT2D eigenvalue weighted by Crippen LogP contribution is 2.01. The maximum atomic E-state index is 5.29. The van der Waals surface area contributed by atoms with Crippen LogP contribution in [0.25, 0.3) is 0 Å². The SMILES string of the molecule is Cc1ns[n+](/N=C(\[S-])N2CCOCC2)c1C. The molecule has 1 aromatic heterocycles. The maximum Gasteiger partial charge on any atom is 0.305 e. The molecule has 5 nitrogen and oxygen atoms in total. The summed E-state index contributed by atoms with van der Waals surface area (Å²) in [5.41, 5.74) is 2.04. The van der Waals surface area contributed by atoms with Gasteiger partial charge in [-0.1, -0.05) is 5.10 Å². The molecule has 1 fully saturated rings. The Morgan fingerprint density at radius 2 is 2.19 bits per heavy atom. The molecule has 2 heterocycles. The van der Waals surface area contributed by atoms with E-state index < -0.39 is 0 Å². The van der Waals surface area contributed by atoms with Crippen molar-refractivity contribution in [2.24, 2.45) is 5.10 Å². The third-order valence-corrected chi connectivity index (χ3v) is 3.73. The van der Waals surface area contributed by atoms with Crippen LogP contribution in [-0.4, -0.2) is 40.7 Å². The van der Waals surface area contributed by atoms with Crippen molar-refractivity contribution < 1.29 is 8.80 Å². The Morgan fingerprint density at radius 3 is 2.75 bits per heavy atom. The van der Waals surface area contributed by atoms with Gasteiger partial charge in [-0.05, 0) is 4.07 Å².